The Labute approximate surface area is 144 Å². The molecule has 0 atom stereocenters. The number of para-hydroxylation sites is 1. The molecular weight excluding hydrogens is 298 g/mol. The van der Waals surface area contributed by atoms with Gasteiger partial charge in [0.25, 0.3) is 0 Å². The summed E-state index contributed by atoms with van der Waals surface area (Å²) in [5.41, 5.74) is 1.07. The molecule has 128 valence electrons. The number of hydrogen-bond acceptors (Lipinski definition) is 4. The van der Waals surface area contributed by atoms with Crippen LogP contribution in [0.2, 0.25) is 0 Å². The van der Waals surface area contributed by atoms with Crippen LogP contribution in [0.1, 0.15) is 57.7 Å². The number of likely N-dealkylation sites (tertiary alicyclic amines) is 1. The minimum atomic E-state index is 0.00622. The zero-order valence-electron chi connectivity index (χ0n) is 14.6. The van der Waals surface area contributed by atoms with E-state index in [-0.39, 0.29) is 5.54 Å². The van der Waals surface area contributed by atoms with Gasteiger partial charge in [-0.1, -0.05) is 31.5 Å². The fourth-order valence-electron chi connectivity index (χ4n) is 4.46. The van der Waals surface area contributed by atoms with Crippen molar-refractivity contribution in [1.82, 2.24) is 25.1 Å². The van der Waals surface area contributed by atoms with Crippen LogP contribution >= 0.6 is 0 Å². The highest BCUT2D eigenvalue weighted by molar-refractivity contribution is 5.32. The lowest BCUT2D eigenvalue weighted by atomic mass is 9.74. The van der Waals surface area contributed by atoms with Gasteiger partial charge in [0.1, 0.15) is 0 Å². The monoisotopic (exact) mass is 325 g/mol. The molecule has 0 N–H and O–H groups in total. The minimum Gasteiger partial charge on any atom is -0.291 e. The van der Waals surface area contributed by atoms with E-state index in [4.69, 9.17) is 0 Å². The second-order valence-corrected chi connectivity index (χ2v) is 7.51. The van der Waals surface area contributed by atoms with Crippen molar-refractivity contribution < 1.29 is 0 Å². The molecule has 0 radical (unpaired) electrons. The van der Waals surface area contributed by atoms with Gasteiger partial charge < -0.3 is 0 Å². The number of aromatic nitrogens is 4. The van der Waals surface area contributed by atoms with E-state index in [9.17, 15) is 0 Å². The van der Waals surface area contributed by atoms with Gasteiger partial charge in [0.2, 0.25) is 0 Å². The molecule has 5 heteroatoms. The first kappa shape index (κ1) is 15.8. The molecule has 0 unspecified atom stereocenters. The summed E-state index contributed by atoms with van der Waals surface area (Å²) in [6.45, 7) is 4.73. The topological polar surface area (TPSA) is 46.8 Å². The smallest absolute Gasteiger partial charge is 0.176 e. The maximum atomic E-state index is 4.55. The molecule has 1 aliphatic carbocycles. The predicted octanol–water partition coefficient (Wildman–Crippen LogP) is 3.55. The van der Waals surface area contributed by atoms with Gasteiger partial charge in [0, 0.05) is 0 Å². The van der Waals surface area contributed by atoms with Crippen LogP contribution in [0.3, 0.4) is 0 Å². The van der Waals surface area contributed by atoms with Crippen molar-refractivity contribution in [2.75, 3.05) is 13.1 Å². The van der Waals surface area contributed by atoms with Crippen LogP contribution in [0.4, 0.5) is 0 Å². The zero-order valence-corrected chi connectivity index (χ0v) is 14.6. The maximum Gasteiger partial charge on any atom is 0.176 e. The summed E-state index contributed by atoms with van der Waals surface area (Å²) >= 11 is 0. The van der Waals surface area contributed by atoms with Crippen molar-refractivity contribution in [3.8, 4) is 5.69 Å². The second kappa shape index (κ2) is 6.63. The molecule has 1 saturated heterocycles. The molecule has 0 amide bonds. The van der Waals surface area contributed by atoms with Crippen LogP contribution in [0.5, 0.6) is 0 Å². The van der Waals surface area contributed by atoms with E-state index in [0.29, 0.717) is 0 Å². The van der Waals surface area contributed by atoms with Crippen molar-refractivity contribution >= 4 is 0 Å². The van der Waals surface area contributed by atoms with E-state index in [2.05, 4.69) is 51.6 Å². The molecule has 0 spiro atoms. The van der Waals surface area contributed by atoms with E-state index in [0.717, 1.165) is 17.4 Å². The molecule has 2 aromatic rings. The Bertz CT molecular complexity index is 651. The van der Waals surface area contributed by atoms with Gasteiger partial charge in [0.15, 0.2) is 5.82 Å². The highest BCUT2D eigenvalue weighted by Crippen LogP contribution is 2.44. The molecule has 24 heavy (non-hydrogen) atoms. The summed E-state index contributed by atoms with van der Waals surface area (Å²) in [5.74, 6) is 1.85. The van der Waals surface area contributed by atoms with E-state index in [1.54, 1.807) is 0 Å². The molecule has 2 fully saturated rings. The first-order valence-electron chi connectivity index (χ1n) is 9.39. The van der Waals surface area contributed by atoms with Crippen LogP contribution in [-0.4, -0.2) is 38.2 Å². The van der Waals surface area contributed by atoms with Gasteiger partial charge >= 0.3 is 0 Å². The zero-order chi connectivity index (χ0) is 16.4. The Morgan fingerprint density at radius 3 is 2.42 bits per heavy atom. The van der Waals surface area contributed by atoms with Crippen molar-refractivity contribution in [2.24, 2.45) is 5.92 Å². The lowest BCUT2D eigenvalue weighted by molar-refractivity contribution is 0.0110. The van der Waals surface area contributed by atoms with Crippen LogP contribution < -0.4 is 0 Å². The average molecular weight is 325 g/mol. The van der Waals surface area contributed by atoms with E-state index in [1.165, 1.54) is 58.0 Å². The Balaban J connectivity index is 1.76. The van der Waals surface area contributed by atoms with Gasteiger partial charge in [0.05, 0.1) is 11.2 Å². The first-order chi connectivity index (χ1) is 11.8. The largest absolute Gasteiger partial charge is 0.291 e. The highest BCUT2D eigenvalue weighted by Gasteiger charge is 2.45. The van der Waals surface area contributed by atoms with Gasteiger partial charge in [-0.3, -0.25) is 4.90 Å². The molecule has 0 bridgehead atoms. The normalized spacial score (nSPS) is 28.8. The second-order valence-electron chi connectivity index (χ2n) is 7.51. The fraction of sp³-hybridized carbons (Fsp3) is 0.632. The summed E-state index contributed by atoms with van der Waals surface area (Å²) in [4.78, 5) is 2.69. The molecule has 2 heterocycles. The molecule has 1 aliphatic heterocycles. The summed E-state index contributed by atoms with van der Waals surface area (Å²) in [7, 11) is 0. The van der Waals surface area contributed by atoms with Crippen molar-refractivity contribution in [3.05, 3.63) is 36.2 Å². The fourth-order valence-corrected chi connectivity index (χ4v) is 4.46. The lowest BCUT2D eigenvalue weighted by Gasteiger charge is -2.48. The average Bonchev–Trinajstić information content (AvgIpc) is 3.14. The van der Waals surface area contributed by atoms with Gasteiger partial charge in [-0.25, -0.2) is 0 Å². The van der Waals surface area contributed by atoms with Crippen LogP contribution in [0.25, 0.3) is 5.69 Å². The Morgan fingerprint density at radius 1 is 1.00 bits per heavy atom. The molecule has 4 rings (SSSR count). The quantitative estimate of drug-likeness (QED) is 0.866. The molecule has 2 aliphatic rings. The van der Waals surface area contributed by atoms with Crippen molar-refractivity contribution in [2.45, 2.75) is 57.4 Å². The van der Waals surface area contributed by atoms with Gasteiger partial charge in [-0.05, 0) is 80.1 Å². The van der Waals surface area contributed by atoms with E-state index in [1.807, 2.05) is 10.7 Å². The minimum absolute atomic E-state index is 0.00622. The molecule has 1 aromatic heterocycles. The molecule has 5 nitrogen and oxygen atoms in total. The third-order valence-corrected chi connectivity index (χ3v) is 5.95. The van der Waals surface area contributed by atoms with E-state index < -0.39 is 0 Å². The number of tetrazole rings is 1. The Hall–Kier alpha value is -1.75. The maximum absolute atomic E-state index is 4.55. The first-order valence-corrected chi connectivity index (χ1v) is 9.39. The number of benzene rings is 1. The summed E-state index contributed by atoms with van der Waals surface area (Å²) in [5, 5.41) is 13.0. The van der Waals surface area contributed by atoms with Gasteiger partial charge in [-0.2, -0.15) is 4.68 Å². The standard InChI is InChI=1S/C19H27N5/c1-16-10-12-19(13-11-16,23-14-6-3-7-15-23)18-20-21-22-24(18)17-8-4-2-5-9-17/h2,4-5,8-9,16H,3,6-7,10-15H2,1H3. The highest BCUT2D eigenvalue weighted by atomic mass is 15.6. The Morgan fingerprint density at radius 2 is 1.71 bits per heavy atom. The van der Waals surface area contributed by atoms with Crippen LogP contribution in [0, 0.1) is 5.92 Å². The SMILES string of the molecule is CC1CCC(c2nnnn2-c2ccccc2)(N2CCCCC2)CC1. The number of hydrogen-bond donors (Lipinski definition) is 0. The van der Waals surface area contributed by atoms with Crippen molar-refractivity contribution in [3.63, 3.8) is 0 Å². The summed E-state index contributed by atoms with van der Waals surface area (Å²) in [6.07, 6.45) is 8.81. The molecule has 1 aromatic carbocycles. The summed E-state index contributed by atoms with van der Waals surface area (Å²) in [6, 6.07) is 10.3. The number of piperidine rings is 1. The third-order valence-electron chi connectivity index (χ3n) is 5.95. The van der Waals surface area contributed by atoms with Gasteiger partial charge in [-0.15, -0.1) is 5.10 Å². The summed E-state index contributed by atoms with van der Waals surface area (Å²) < 4.78 is 1.98. The Kier molecular flexibility index (Phi) is 4.35. The van der Waals surface area contributed by atoms with E-state index >= 15 is 0 Å². The number of nitrogens with zero attached hydrogens (tertiary/aromatic N) is 5. The van der Waals surface area contributed by atoms with Crippen molar-refractivity contribution in [1.29, 1.82) is 0 Å². The molecular formula is C19H27N5. The molecule has 1 saturated carbocycles. The third kappa shape index (κ3) is 2.75. The van der Waals surface area contributed by atoms with Crippen LogP contribution in [-0.2, 0) is 5.54 Å². The van der Waals surface area contributed by atoms with Crippen LogP contribution in [0.15, 0.2) is 30.3 Å². The lowest BCUT2D eigenvalue weighted by Crippen LogP contribution is -2.52. The predicted molar refractivity (Wildman–Crippen MR) is 93.9 cm³/mol. The number of rotatable bonds is 3.